The molecule has 10 heteroatoms. The summed E-state index contributed by atoms with van der Waals surface area (Å²) in [7, 11) is 0. The summed E-state index contributed by atoms with van der Waals surface area (Å²) in [5.74, 6) is -0.745. The van der Waals surface area contributed by atoms with Gasteiger partial charge in [0.15, 0.2) is 5.78 Å². The molecule has 1 aliphatic heterocycles. The second-order valence-corrected chi connectivity index (χ2v) is 11.1. The minimum absolute atomic E-state index is 0.0723. The molecule has 3 aromatic rings. The Morgan fingerprint density at radius 2 is 1.72 bits per heavy atom. The van der Waals surface area contributed by atoms with Crippen LogP contribution in [0.25, 0.3) is 5.69 Å². The summed E-state index contributed by atoms with van der Waals surface area (Å²) < 4.78 is 1.61. The quantitative estimate of drug-likeness (QED) is 0.316. The highest BCUT2D eigenvalue weighted by atomic mass is 35.5. The summed E-state index contributed by atoms with van der Waals surface area (Å²) in [4.78, 5) is 26.3. The molecule has 9 nitrogen and oxygen atoms in total. The Bertz CT molecular complexity index is 1620. The monoisotopic (exact) mass is 542 g/mol. The number of nitro benzene ring substituents is 1. The van der Waals surface area contributed by atoms with Crippen molar-refractivity contribution in [3.8, 4) is 11.8 Å². The van der Waals surface area contributed by atoms with Gasteiger partial charge in [-0.05, 0) is 49.9 Å². The van der Waals surface area contributed by atoms with E-state index in [0.717, 1.165) is 11.3 Å². The Balaban J connectivity index is 1.75. The van der Waals surface area contributed by atoms with Crippen molar-refractivity contribution in [2.24, 2.45) is 11.1 Å². The SMILES string of the molecule is Cc1ccc(-n2nc(C)c(C3C(C#N)=C(N)N(c4ccc([N+](=O)[O-])cc4)C4=C3C(=O)CC(C)(C)C4)c2Cl)cc1. The number of ketones is 1. The number of anilines is 1. The van der Waals surface area contributed by atoms with Gasteiger partial charge in [-0.25, -0.2) is 4.68 Å². The van der Waals surface area contributed by atoms with E-state index in [9.17, 15) is 20.2 Å². The van der Waals surface area contributed by atoms with Gasteiger partial charge in [0.25, 0.3) is 5.69 Å². The largest absolute Gasteiger partial charge is 0.384 e. The highest BCUT2D eigenvalue weighted by Gasteiger charge is 2.46. The fourth-order valence-electron chi connectivity index (χ4n) is 5.51. The zero-order chi connectivity index (χ0) is 28.2. The molecular weight excluding hydrogens is 516 g/mol. The molecule has 0 amide bonds. The van der Waals surface area contributed by atoms with E-state index in [1.807, 2.05) is 45.0 Å². The van der Waals surface area contributed by atoms with E-state index in [1.54, 1.807) is 28.6 Å². The van der Waals surface area contributed by atoms with Crippen molar-refractivity contribution >= 4 is 28.8 Å². The van der Waals surface area contributed by atoms with E-state index < -0.39 is 10.8 Å². The smallest absolute Gasteiger partial charge is 0.269 e. The minimum Gasteiger partial charge on any atom is -0.384 e. The molecule has 0 saturated carbocycles. The molecule has 2 N–H and O–H groups in total. The number of nitrogens with zero attached hydrogens (tertiary/aromatic N) is 5. The number of hydrogen-bond acceptors (Lipinski definition) is 7. The van der Waals surface area contributed by atoms with Crippen LogP contribution in [0.4, 0.5) is 11.4 Å². The first-order valence-electron chi connectivity index (χ1n) is 12.5. The standard InChI is InChI=1S/C29H27ClN6O3/c1-16-5-7-19(8-6-16)35-27(30)24(17(2)33-35)25-21(15-31)28(32)34(18-9-11-20(12-10-18)36(38)39)22-13-29(3,4)14-23(37)26(22)25/h5-12,25H,13-14,32H2,1-4H3. The third-order valence-electron chi connectivity index (χ3n) is 7.31. The molecular formula is C29H27ClN6O3. The molecule has 0 bridgehead atoms. The first kappa shape index (κ1) is 26.2. The van der Waals surface area contributed by atoms with E-state index in [1.165, 1.54) is 12.1 Å². The maximum atomic E-state index is 13.8. The van der Waals surface area contributed by atoms with E-state index >= 15 is 0 Å². The van der Waals surface area contributed by atoms with Crippen LogP contribution in [0.3, 0.4) is 0 Å². The van der Waals surface area contributed by atoms with Crippen LogP contribution in [0.1, 0.15) is 49.4 Å². The predicted octanol–water partition coefficient (Wildman–Crippen LogP) is 5.99. The number of halogens is 1. The number of carbonyl (C=O) groups is 1. The number of non-ortho nitro benzene ring substituents is 1. The Hall–Kier alpha value is -4.42. The van der Waals surface area contributed by atoms with E-state index in [0.29, 0.717) is 39.8 Å². The van der Waals surface area contributed by atoms with Gasteiger partial charge >= 0.3 is 0 Å². The summed E-state index contributed by atoms with van der Waals surface area (Å²) in [6.07, 6.45) is 0.793. The third-order valence-corrected chi connectivity index (χ3v) is 7.68. The number of rotatable bonds is 4. The topological polar surface area (TPSA) is 131 Å². The van der Waals surface area contributed by atoms with Crippen molar-refractivity contribution in [1.82, 2.24) is 9.78 Å². The van der Waals surface area contributed by atoms with Gasteiger partial charge in [0.05, 0.1) is 33.9 Å². The lowest BCUT2D eigenvalue weighted by Crippen LogP contribution is -2.42. The van der Waals surface area contributed by atoms with Gasteiger partial charge in [-0.2, -0.15) is 10.4 Å². The van der Waals surface area contributed by atoms with Gasteiger partial charge in [-0.1, -0.05) is 43.1 Å². The average Bonchev–Trinajstić information content (AvgIpc) is 3.16. The Morgan fingerprint density at radius 1 is 1.10 bits per heavy atom. The predicted molar refractivity (Wildman–Crippen MR) is 148 cm³/mol. The molecule has 0 spiro atoms. The zero-order valence-electron chi connectivity index (χ0n) is 22.0. The Kier molecular flexibility index (Phi) is 6.31. The summed E-state index contributed by atoms with van der Waals surface area (Å²) in [5.41, 5.74) is 11.1. The molecule has 2 heterocycles. The second kappa shape index (κ2) is 9.40. The zero-order valence-corrected chi connectivity index (χ0v) is 22.8. The molecule has 39 heavy (non-hydrogen) atoms. The third kappa shape index (κ3) is 4.37. The van der Waals surface area contributed by atoms with Crippen molar-refractivity contribution in [2.75, 3.05) is 4.90 Å². The summed E-state index contributed by atoms with van der Waals surface area (Å²) in [6.45, 7) is 7.80. The van der Waals surface area contributed by atoms with E-state index in [4.69, 9.17) is 17.3 Å². The number of aryl methyl sites for hydroxylation is 2. The molecule has 1 unspecified atom stereocenters. The van der Waals surface area contributed by atoms with Crippen molar-refractivity contribution in [3.05, 3.63) is 103 Å². The number of carbonyl (C=O) groups excluding carboxylic acids is 1. The molecule has 1 aromatic heterocycles. The van der Waals surface area contributed by atoms with E-state index in [-0.39, 0.29) is 34.7 Å². The lowest BCUT2D eigenvalue weighted by atomic mass is 9.68. The maximum absolute atomic E-state index is 13.8. The van der Waals surface area contributed by atoms with E-state index in [2.05, 4.69) is 11.2 Å². The molecule has 1 atom stereocenters. The second-order valence-electron chi connectivity index (χ2n) is 10.8. The molecule has 2 aromatic carbocycles. The molecule has 5 rings (SSSR count). The number of nitrogens with two attached hydrogens (primary N) is 1. The van der Waals surface area contributed by atoms with Gasteiger partial charge in [0, 0.05) is 41.1 Å². The number of nitro groups is 1. The van der Waals surface area contributed by atoms with Crippen LogP contribution in [0.15, 0.2) is 71.2 Å². The lowest BCUT2D eigenvalue weighted by molar-refractivity contribution is -0.384. The summed E-state index contributed by atoms with van der Waals surface area (Å²) in [6, 6.07) is 15.9. The van der Waals surface area contributed by atoms with Crippen molar-refractivity contribution < 1.29 is 9.72 Å². The van der Waals surface area contributed by atoms with Crippen molar-refractivity contribution in [3.63, 3.8) is 0 Å². The van der Waals surface area contributed by atoms with Crippen LogP contribution < -0.4 is 10.6 Å². The highest BCUT2D eigenvalue weighted by molar-refractivity contribution is 6.31. The van der Waals surface area contributed by atoms with Gasteiger partial charge in [0.1, 0.15) is 11.0 Å². The van der Waals surface area contributed by atoms with Gasteiger partial charge in [0.2, 0.25) is 0 Å². The molecule has 2 aliphatic rings. The van der Waals surface area contributed by atoms with Crippen LogP contribution in [0.2, 0.25) is 5.15 Å². The highest BCUT2D eigenvalue weighted by Crippen LogP contribution is 2.52. The van der Waals surface area contributed by atoms with Crippen LogP contribution in [0.5, 0.6) is 0 Å². The number of allylic oxidation sites excluding steroid dienone is 3. The first-order valence-corrected chi connectivity index (χ1v) is 12.8. The number of benzene rings is 2. The summed E-state index contributed by atoms with van der Waals surface area (Å²) in [5, 5.41) is 26.6. The Morgan fingerprint density at radius 3 is 2.31 bits per heavy atom. The van der Waals surface area contributed by atoms with Crippen molar-refractivity contribution in [1.29, 1.82) is 5.26 Å². The average molecular weight is 543 g/mol. The lowest BCUT2D eigenvalue weighted by Gasteiger charge is -2.43. The molecule has 0 radical (unpaired) electrons. The van der Waals surface area contributed by atoms with Gasteiger partial charge in [-0.15, -0.1) is 0 Å². The van der Waals surface area contributed by atoms with Crippen LogP contribution in [-0.2, 0) is 4.79 Å². The molecule has 0 fully saturated rings. The number of Topliss-reactive ketones (excluding diaryl/α,β-unsaturated/α-hetero) is 1. The minimum atomic E-state index is -0.797. The number of aromatic nitrogens is 2. The molecule has 0 saturated heterocycles. The maximum Gasteiger partial charge on any atom is 0.269 e. The Labute approximate surface area is 230 Å². The van der Waals surface area contributed by atoms with Gasteiger partial charge < -0.3 is 5.73 Å². The van der Waals surface area contributed by atoms with Crippen molar-refractivity contribution in [2.45, 2.75) is 46.5 Å². The number of hydrogen-bond donors (Lipinski definition) is 1. The van der Waals surface area contributed by atoms with Crippen LogP contribution in [-0.4, -0.2) is 20.5 Å². The van der Waals surface area contributed by atoms with Crippen LogP contribution in [0, 0.1) is 40.7 Å². The first-order chi connectivity index (χ1) is 18.4. The normalized spacial score (nSPS) is 18.7. The molecule has 1 aliphatic carbocycles. The fourth-order valence-corrected chi connectivity index (χ4v) is 5.89. The van der Waals surface area contributed by atoms with Crippen LogP contribution >= 0.6 is 11.6 Å². The number of nitriles is 1. The molecule has 198 valence electrons. The summed E-state index contributed by atoms with van der Waals surface area (Å²) >= 11 is 6.96. The van der Waals surface area contributed by atoms with Gasteiger partial charge in [-0.3, -0.25) is 19.8 Å². The fraction of sp³-hybridized carbons (Fsp3) is 0.276.